The minimum Gasteiger partial charge on any atom is -0.494 e. The summed E-state index contributed by atoms with van der Waals surface area (Å²) in [6.07, 6.45) is 3.70. The number of imidazole rings is 1. The maximum atomic E-state index is 12.1. The molecule has 0 bridgehead atoms. The quantitative estimate of drug-likeness (QED) is 0.240. The van der Waals surface area contributed by atoms with E-state index in [9.17, 15) is 4.79 Å². The number of amides is 1. The van der Waals surface area contributed by atoms with E-state index in [1.54, 1.807) is 0 Å². The van der Waals surface area contributed by atoms with Crippen LogP contribution in [0.4, 0.5) is 0 Å². The Morgan fingerprint density at radius 1 is 1.09 bits per heavy atom. The molecule has 5 nitrogen and oxygen atoms in total. The number of aromatic nitrogens is 2. The summed E-state index contributed by atoms with van der Waals surface area (Å²) in [4.78, 5) is 17.8. The number of hydrogen-bond acceptors (Lipinski definition) is 4. The maximum absolute atomic E-state index is 12.1. The van der Waals surface area contributed by atoms with Crippen molar-refractivity contribution in [2.24, 2.45) is 0 Å². The van der Waals surface area contributed by atoms with E-state index in [1.807, 2.05) is 23.6 Å². The van der Waals surface area contributed by atoms with Gasteiger partial charge >= 0.3 is 0 Å². The van der Waals surface area contributed by atoms with Crippen molar-refractivity contribution >= 4 is 28.3 Å². The molecule has 4 aromatic rings. The molecule has 0 saturated carbocycles. The molecule has 0 aliphatic carbocycles. The van der Waals surface area contributed by atoms with Crippen LogP contribution in [0.2, 0.25) is 0 Å². The summed E-state index contributed by atoms with van der Waals surface area (Å²) in [6, 6.07) is 20.5. The third kappa shape index (κ3) is 6.06. The standard InChI is InChI=1S/C28H33N3O2S/c1-3-21(2)22-13-15-23(16-14-22)33-19-8-18-31-25-10-5-4-9-24(25)30-27(31)12-6-17-29-28(32)26-11-7-20-34-26/h4-5,7,9-11,13-16,20-21H,3,6,8,12,17-19H2,1-2H3,(H,29,32). The van der Waals surface area contributed by atoms with Crippen molar-refractivity contribution in [1.29, 1.82) is 0 Å². The maximum Gasteiger partial charge on any atom is 0.261 e. The second-order valence-electron chi connectivity index (χ2n) is 8.59. The lowest BCUT2D eigenvalue weighted by molar-refractivity contribution is 0.0957. The molecule has 2 heterocycles. The van der Waals surface area contributed by atoms with Gasteiger partial charge in [0, 0.05) is 19.5 Å². The van der Waals surface area contributed by atoms with Crippen LogP contribution < -0.4 is 10.1 Å². The number of aryl methyl sites for hydroxylation is 2. The minimum absolute atomic E-state index is 0.00200. The molecule has 0 spiro atoms. The molecule has 34 heavy (non-hydrogen) atoms. The lowest BCUT2D eigenvalue weighted by atomic mass is 9.99. The molecule has 1 atom stereocenters. The van der Waals surface area contributed by atoms with Crippen molar-refractivity contribution in [3.05, 3.63) is 82.3 Å². The average molecular weight is 476 g/mol. The van der Waals surface area contributed by atoms with Crippen molar-refractivity contribution < 1.29 is 9.53 Å². The van der Waals surface area contributed by atoms with Gasteiger partial charge < -0.3 is 14.6 Å². The van der Waals surface area contributed by atoms with Gasteiger partial charge in [0.15, 0.2) is 0 Å². The van der Waals surface area contributed by atoms with Gasteiger partial charge in [-0.15, -0.1) is 11.3 Å². The fourth-order valence-corrected chi connectivity index (χ4v) is 4.69. The summed E-state index contributed by atoms with van der Waals surface area (Å²) in [5.74, 6) is 2.55. The van der Waals surface area contributed by atoms with E-state index >= 15 is 0 Å². The number of nitrogens with zero attached hydrogens (tertiary/aromatic N) is 2. The second kappa shape index (κ2) is 11.8. The van der Waals surface area contributed by atoms with Gasteiger partial charge in [-0.1, -0.05) is 44.2 Å². The first-order valence-electron chi connectivity index (χ1n) is 12.1. The predicted octanol–water partition coefficient (Wildman–Crippen LogP) is 6.44. The first kappa shape index (κ1) is 24.0. The Bertz CT molecular complexity index is 1180. The molecule has 178 valence electrons. The smallest absolute Gasteiger partial charge is 0.261 e. The van der Waals surface area contributed by atoms with Crippen LogP contribution in [0, 0.1) is 0 Å². The Morgan fingerprint density at radius 2 is 1.91 bits per heavy atom. The van der Waals surface area contributed by atoms with E-state index in [0.29, 0.717) is 19.1 Å². The molecule has 0 aliphatic heterocycles. The molecule has 2 aromatic carbocycles. The number of fused-ring (bicyclic) bond motifs is 1. The summed E-state index contributed by atoms with van der Waals surface area (Å²) >= 11 is 1.46. The van der Waals surface area contributed by atoms with Crippen LogP contribution in [0.15, 0.2) is 66.0 Å². The Labute approximate surface area is 205 Å². The summed E-state index contributed by atoms with van der Waals surface area (Å²) in [6.45, 7) is 6.61. The number of carbonyl (C=O) groups excluding carboxylic acids is 1. The highest BCUT2D eigenvalue weighted by Gasteiger charge is 2.11. The Balaban J connectivity index is 1.30. The van der Waals surface area contributed by atoms with Gasteiger partial charge in [0.2, 0.25) is 0 Å². The summed E-state index contributed by atoms with van der Waals surface area (Å²) in [5, 5.41) is 4.93. The molecule has 6 heteroatoms. The number of thiophene rings is 1. The number of carbonyl (C=O) groups is 1. The normalized spacial score (nSPS) is 12.1. The Hall–Kier alpha value is -3.12. The monoisotopic (exact) mass is 475 g/mol. The number of hydrogen-bond donors (Lipinski definition) is 1. The van der Waals surface area contributed by atoms with E-state index in [2.05, 4.69) is 66.2 Å². The topological polar surface area (TPSA) is 56.1 Å². The molecule has 0 saturated heterocycles. The summed E-state index contributed by atoms with van der Waals surface area (Å²) in [5.41, 5.74) is 3.52. The number of nitrogens with one attached hydrogen (secondary N) is 1. The van der Waals surface area contributed by atoms with Gasteiger partial charge in [-0.05, 0) is 66.5 Å². The van der Waals surface area contributed by atoms with Crippen molar-refractivity contribution in [3.63, 3.8) is 0 Å². The van der Waals surface area contributed by atoms with Crippen molar-refractivity contribution in [2.75, 3.05) is 13.2 Å². The van der Waals surface area contributed by atoms with E-state index in [4.69, 9.17) is 9.72 Å². The van der Waals surface area contributed by atoms with E-state index < -0.39 is 0 Å². The van der Waals surface area contributed by atoms with Gasteiger partial charge in [0.25, 0.3) is 5.91 Å². The zero-order chi connectivity index (χ0) is 23.8. The number of para-hydroxylation sites is 2. The number of benzene rings is 2. The molecule has 1 N–H and O–H groups in total. The number of rotatable bonds is 12. The molecule has 0 radical (unpaired) electrons. The van der Waals surface area contributed by atoms with Crippen molar-refractivity contribution in [3.8, 4) is 5.75 Å². The molecular formula is C28H33N3O2S. The first-order valence-corrected chi connectivity index (χ1v) is 13.0. The highest BCUT2D eigenvalue weighted by Crippen LogP contribution is 2.22. The van der Waals surface area contributed by atoms with Crippen LogP contribution in [-0.2, 0) is 13.0 Å². The first-order chi connectivity index (χ1) is 16.7. The molecule has 1 unspecified atom stereocenters. The Kier molecular flexibility index (Phi) is 8.36. The zero-order valence-electron chi connectivity index (χ0n) is 20.0. The van der Waals surface area contributed by atoms with Crippen LogP contribution in [0.3, 0.4) is 0 Å². The van der Waals surface area contributed by atoms with Crippen LogP contribution in [0.5, 0.6) is 5.75 Å². The highest BCUT2D eigenvalue weighted by atomic mass is 32.1. The molecule has 1 amide bonds. The van der Waals surface area contributed by atoms with Gasteiger partial charge in [-0.25, -0.2) is 4.98 Å². The average Bonchev–Trinajstić information content (AvgIpc) is 3.53. The van der Waals surface area contributed by atoms with E-state index in [-0.39, 0.29) is 5.91 Å². The van der Waals surface area contributed by atoms with E-state index in [0.717, 1.165) is 59.7 Å². The van der Waals surface area contributed by atoms with Crippen LogP contribution in [0.25, 0.3) is 11.0 Å². The van der Waals surface area contributed by atoms with Gasteiger partial charge in [-0.2, -0.15) is 0 Å². The molecule has 0 fully saturated rings. The Morgan fingerprint density at radius 3 is 2.68 bits per heavy atom. The molecule has 0 aliphatic rings. The summed E-state index contributed by atoms with van der Waals surface area (Å²) < 4.78 is 8.30. The molecule has 2 aromatic heterocycles. The fraction of sp³-hybridized carbons (Fsp3) is 0.357. The lowest BCUT2D eigenvalue weighted by Gasteiger charge is -2.12. The molecular weight excluding hydrogens is 442 g/mol. The predicted molar refractivity (Wildman–Crippen MR) is 140 cm³/mol. The third-order valence-corrected chi connectivity index (χ3v) is 7.07. The van der Waals surface area contributed by atoms with Crippen molar-refractivity contribution in [1.82, 2.24) is 14.9 Å². The van der Waals surface area contributed by atoms with Crippen LogP contribution in [-0.4, -0.2) is 28.6 Å². The SMILES string of the molecule is CCC(C)c1ccc(OCCCn2c(CCCNC(=O)c3cccs3)nc3ccccc32)cc1. The van der Waals surface area contributed by atoms with Gasteiger partial charge in [0.05, 0.1) is 22.5 Å². The number of ether oxygens (including phenoxy) is 1. The third-order valence-electron chi connectivity index (χ3n) is 6.20. The lowest BCUT2D eigenvalue weighted by Crippen LogP contribution is -2.24. The summed E-state index contributed by atoms with van der Waals surface area (Å²) in [7, 11) is 0. The van der Waals surface area contributed by atoms with Crippen molar-refractivity contribution in [2.45, 2.75) is 52.0 Å². The van der Waals surface area contributed by atoms with Gasteiger partial charge in [-0.3, -0.25) is 4.79 Å². The highest BCUT2D eigenvalue weighted by molar-refractivity contribution is 7.12. The van der Waals surface area contributed by atoms with E-state index in [1.165, 1.54) is 16.9 Å². The second-order valence-corrected chi connectivity index (χ2v) is 9.53. The molecule has 4 rings (SSSR count). The fourth-order valence-electron chi connectivity index (χ4n) is 4.05. The van der Waals surface area contributed by atoms with Gasteiger partial charge in [0.1, 0.15) is 11.6 Å². The zero-order valence-corrected chi connectivity index (χ0v) is 20.8. The largest absolute Gasteiger partial charge is 0.494 e. The van der Waals surface area contributed by atoms with Crippen LogP contribution in [0.1, 0.15) is 60.1 Å². The minimum atomic E-state index is -0.00200. The van der Waals surface area contributed by atoms with Crippen LogP contribution >= 0.6 is 11.3 Å².